The predicted octanol–water partition coefficient (Wildman–Crippen LogP) is 1.21. The molecule has 0 radical (unpaired) electrons. The van der Waals surface area contributed by atoms with Gasteiger partial charge >= 0.3 is 0 Å². The highest BCUT2D eigenvalue weighted by molar-refractivity contribution is 6.02. The van der Waals surface area contributed by atoms with Crippen LogP contribution in [-0.4, -0.2) is 71.9 Å². The second-order valence-electron chi connectivity index (χ2n) is 7.33. The first kappa shape index (κ1) is 17.9. The average molecular weight is 369 g/mol. The van der Waals surface area contributed by atoms with Crippen molar-refractivity contribution in [2.45, 2.75) is 18.9 Å². The van der Waals surface area contributed by atoms with E-state index < -0.39 is 0 Å². The summed E-state index contributed by atoms with van der Waals surface area (Å²) < 4.78 is 1.89. The molecule has 1 amide bonds. The topological polar surface area (TPSA) is 78.3 Å². The molecule has 2 fully saturated rings. The normalized spacial score (nSPS) is 21.2. The van der Waals surface area contributed by atoms with E-state index in [1.54, 1.807) is 6.07 Å². The van der Waals surface area contributed by atoms with Crippen LogP contribution in [0.25, 0.3) is 0 Å². The quantitative estimate of drug-likeness (QED) is 0.843. The minimum Gasteiger partial charge on any atom is -0.368 e. The van der Waals surface area contributed by atoms with Crippen molar-refractivity contribution in [2.24, 2.45) is 0 Å². The summed E-state index contributed by atoms with van der Waals surface area (Å²) in [5, 5.41) is 10.7. The van der Waals surface area contributed by atoms with Crippen molar-refractivity contribution >= 4 is 17.4 Å². The Morgan fingerprint density at radius 3 is 2.78 bits per heavy atom. The Balaban J connectivity index is 1.36. The van der Waals surface area contributed by atoms with Crippen molar-refractivity contribution < 1.29 is 4.79 Å². The van der Waals surface area contributed by atoms with E-state index in [1.165, 1.54) is 0 Å². The molecule has 1 unspecified atom stereocenters. The van der Waals surface area contributed by atoms with E-state index >= 15 is 0 Å². The monoisotopic (exact) mass is 369 g/mol. The molecule has 8 heteroatoms. The minimum atomic E-state index is -0.225. The van der Waals surface area contributed by atoms with Gasteiger partial charge in [-0.15, -0.1) is 0 Å². The lowest BCUT2D eigenvalue weighted by atomic mass is 10.1. The molecule has 0 aliphatic carbocycles. The van der Waals surface area contributed by atoms with Gasteiger partial charge in [0.2, 0.25) is 0 Å². The zero-order chi connectivity index (χ0) is 18.6. The largest absolute Gasteiger partial charge is 0.368 e. The summed E-state index contributed by atoms with van der Waals surface area (Å²) in [7, 11) is 2.14. The Hall–Kier alpha value is -2.45. The number of piperazine rings is 1. The zero-order valence-electron chi connectivity index (χ0n) is 15.8. The fraction of sp³-hybridized carbons (Fsp3) is 0.526. The third-order valence-corrected chi connectivity index (χ3v) is 5.34. The maximum atomic E-state index is 12.5. The summed E-state index contributed by atoms with van der Waals surface area (Å²) in [6.07, 6.45) is 5.93. The van der Waals surface area contributed by atoms with Crippen molar-refractivity contribution in [3.05, 3.63) is 36.3 Å². The van der Waals surface area contributed by atoms with Gasteiger partial charge in [0, 0.05) is 38.9 Å². The Labute approximate surface area is 159 Å². The minimum absolute atomic E-state index is 0.225. The molecule has 0 bridgehead atoms. The molecule has 2 aliphatic heterocycles. The number of hydrogen-bond donors (Lipinski definition) is 2. The van der Waals surface area contributed by atoms with Crippen LogP contribution in [0.3, 0.4) is 0 Å². The fourth-order valence-corrected chi connectivity index (χ4v) is 3.61. The second-order valence-corrected chi connectivity index (χ2v) is 7.33. The van der Waals surface area contributed by atoms with Gasteiger partial charge in [-0.2, -0.15) is 5.10 Å². The molecular weight excluding hydrogens is 342 g/mol. The number of carbonyl (C=O) groups is 1. The highest BCUT2D eigenvalue weighted by Crippen LogP contribution is 2.18. The fourth-order valence-electron chi connectivity index (χ4n) is 3.61. The van der Waals surface area contributed by atoms with Crippen molar-refractivity contribution in [3.63, 3.8) is 0 Å². The van der Waals surface area contributed by atoms with Crippen molar-refractivity contribution in [2.75, 3.05) is 56.5 Å². The van der Waals surface area contributed by atoms with E-state index in [0.29, 0.717) is 17.6 Å². The van der Waals surface area contributed by atoms with Crippen molar-refractivity contribution in [3.8, 4) is 0 Å². The molecule has 8 nitrogen and oxygen atoms in total. The first-order valence-corrected chi connectivity index (χ1v) is 9.66. The first-order chi connectivity index (χ1) is 13.2. The van der Waals surface area contributed by atoms with Crippen LogP contribution in [0, 0.1) is 0 Å². The van der Waals surface area contributed by atoms with Crippen LogP contribution in [-0.2, 0) is 0 Å². The third-order valence-electron chi connectivity index (χ3n) is 5.34. The van der Waals surface area contributed by atoms with Crippen molar-refractivity contribution in [1.82, 2.24) is 25.0 Å². The number of nitrogens with zero attached hydrogens (tertiary/aromatic N) is 5. The lowest BCUT2D eigenvalue weighted by Gasteiger charge is -2.33. The number of anilines is 2. The van der Waals surface area contributed by atoms with Crippen LogP contribution in [0.4, 0.5) is 11.5 Å². The number of likely N-dealkylation sites (N-methyl/N-ethyl adjacent to an activating group) is 1. The Bertz CT molecular complexity index is 759. The molecular formula is C19H27N7O. The van der Waals surface area contributed by atoms with E-state index in [4.69, 9.17) is 0 Å². The molecule has 4 heterocycles. The Morgan fingerprint density at radius 2 is 2.07 bits per heavy atom. The zero-order valence-corrected chi connectivity index (χ0v) is 15.8. The molecule has 0 spiro atoms. The van der Waals surface area contributed by atoms with Crippen LogP contribution in [0.2, 0.25) is 0 Å². The number of nitrogens with one attached hydrogen (secondary N) is 2. The van der Waals surface area contributed by atoms with Crippen LogP contribution in [0.1, 0.15) is 29.4 Å². The van der Waals surface area contributed by atoms with E-state index in [2.05, 4.69) is 37.6 Å². The molecule has 4 rings (SSSR count). The number of aromatic nitrogens is 3. The van der Waals surface area contributed by atoms with E-state index in [9.17, 15) is 4.79 Å². The number of amides is 1. The number of hydrogen-bond acceptors (Lipinski definition) is 6. The van der Waals surface area contributed by atoms with Gasteiger partial charge in [0.05, 0.1) is 17.9 Å². The summed E-state index contributed by atoms with van der Waals surface area (Å²) in [5.74, 6) is 0.323. The highest BCUT2D eigenvalue weighted by atomic mass is 16.2. The summed E-state index contributed by atoms with van der Waals surface area (Å²) in [5.41, 5.74) is 1.51. The van der Waals surface area contributed by atoms with Crippen LogP contribution in [0.15, 0.2) is 30.6 Å². The van der Waals surface area contributed by atoms with Gasteiger partial charge in [0.1, 0.15) is 5.82 Å². The number of rotatable bonds is 4. The van der Waals surface area contributed by atoms with Crippen LogP contribution in [0.5, 0.6) is 0 Å². The SMILES string of the molecule is CN1CCN(c2ccc(NC(=O)c3ccn(C4CCCNC4)n3)nc2)CC1. The van der Waals surface area contributed by atoms with Gasteiger partial charge in [-0.3, -0.25) is 9.48 Å². The van der Waals surface area contributed by atoms with Crippen molar-refractivity contribution in [1.29, 1.82) is 0 Å². The summed E-state index contributed by atoms with van der Waals surface area (Å²) in [6, 6.07) is 5.96. The lowest BCUT2D eigenvalue weighted by molar-refractivity contribution is 0.102. The van der Waals surface area contributed by atoms with Gasteiger partial charge < -0.3 is 20.4 Å². The van der Waals surface area contributed by atoms with Gasteiger partial charge in [-0.1, -0.05) is 0 Å². The van der Waals surface area contributed by atoms with Gasteiger partial charge in [0.15, 0.2) is 5.69 Å². The molecule has 2 aromatic heterocycles. The number of carbonyl (C=O) groups excluding carboxylic acids is 1. The van der Waals surface area contributed by atoms with E-state index in [0.717, 1.165) is 57.8 Å². The first-order valence-electron chi connectivity index (χ1n) is 9.66. The number of piperidine rings is 1. The van der Waals surface area contributed by atoms with Gasteiger partial charge in [-0.05, 0) is 44.6 Å². The predicted molar refractivity (Wildman–Crippen MR) is 105 cm³/mol. The smallest absolute Gasteiger partial charge is 0.277 e. The molecule has 2 aromatic rings. The van der Waals surface area contributed by atoms with Gasteiger partial charge in [0.25, 0.3) is 5.91 Å². The van der Waals surface area contributed by atoms with E-state index in [1.807, 2.05) is 29.2 Å². The Morgan fingerprint density at radius 1 is 1.22 bits per heavy atom. The second kappa shape index (κ2) is 8.06. The molecule has 144 valence electrons. The average Bonchev–Trinajstić information content (AvgIpc) is 3.20. The molecule has 0 saturated carbocycles. The standard InChI is InChI=1S/C19H27N7O/c1-24-9-11-25(12-10-24)15-4-5-18(21-14-15)22-19(27)17-6-8-26(23-17)16-3-2-7-20-13-16/h4-6,8,14,16,20H,2-3,7,9-13H2,1H3,(H,21,22,27). The number of pyridine rings is 1. The molecule has 2 aliphatic rings. The lowest BCUT2D eigenvalue weighted by Crippen LogP contribution is -2.44. The van der Waals surface area contributed by atoms with Crippen LogP contribution >= 0.6 is 0 Å². The molecule has 2 saturated heterocycles. The van der Waals surface area contributed by atoms with Crippen LogP contribution < -0.4 is 15.5 Å². The molecule has 1 atom stereocenters. The molecule has 2 N–H and O–H groups in total. The molecule has 27 heavy (non-hydrogen) atoms. The summed E-state index contributed by atoms with van der Waals surface area (Å²) >= 11 is 0. The maximum absolute atomic E-state index is 12.5. The molecule has 0 aromatic carbocycles. The maximum Gasteiger partial charge on any atom is 0.277 e. The highest BCUT2D eigenvalue weighted by Gasteiger charge is 2.18. The summed E-state index contributed by atoms with van der Waals surface area (Å²) in [6.45, 7) is 6.06. The van der Waals surface area contributed by atoms with Gasteiger partial charge in [-0.25, -0.2) is 4.98 Å². The summed E-state index contributed by atoms with van der Waals surface area (Å²) in [4.78, 5) is 21.5. The van der Waals surface area contributed by atoms with E-state index in [-0.39, 0.29) is 5.91 Å². The Kier molecular flexibility index (Phi) is 5.35. The third kappa shape index (κ3) is 4.28.